The van der Waals surface area contributed by atoms with E-state index >= 15 is 0 Å². The molecule has 0 unspecified atom stereocenters. The van der Waals surface area contributed by atoms with Crippen LogP contribution in [0.15, 0.2) is 40.7 Å². The minimum atomic E-state index is 0.361. The van der Waals surface area contributed by atoms with Gasteiger partial charge in [0.2, 0.25) is 0 Å². The summed E-state index contributed by atoms with van der Waals surface area (Å²) in [6.45, 7) is 9.86. The Morgan fingerprint density at radius 2 is 2.21 bits per heavy atom. The molecule has 1 aliphatic rings. The van der Waals surface area contributed by atoms with E-state index in [1.54, 1.807) is 0 Å². The molecule has 1 rings (SSSR count). The highest BCUT2D eigenvalue weighted by molar-refractivity contribution is 5.34. The van der Waals surface area contributed by atoms with Gasteiger partial charge < -0.3 is 0 Å². The van der Waals surface area contributed by atoms with Crippen molar-refractivity contribution < 1.29 is 0 Å². The number of hydrazone groups is 1. The molecule has 0 radical (unpaired) electrons. The van der Waals surface area contributed by atoms with Crippen molar-refractivity contribution in [2.45, 2.75) is 33.2 Å². The Kier molecular flexibility index (Phi) is 3.69. The largest absolute Gasteiger partial charge is 0.271 e. The Morgan fingerprint density at radius 3 is 2.64 bits per heavy atom. The van der Waals surface area contributed by atoms with Crippen molar-refractivity contribution in [1.82, 2.24) is 5.01 Å². The van der Waals surface area contributed by atoms with Crippen LogP contribution in [0.2, 0.25) is 0 Å². The molecule has 0 N–H and O–H groups in total. The zero-order chi connectivity index (χ0) is 10.6. The Bertz CT molecular complexity index is 295. The highest BCUT2D eigenvalue weighted by atomic mass is 15.4. The lowest BCUT2D eigenvalue weighted by molar-refractivity contribution is 0.328. The fourth-order valence-corrected chi connectivity index (χ4v) is 1.27. The molecule has 0 saturated carbocycles. The van der Waals surface area contributed by atoms with Gasteiger partial charge in [0, 0.05) is 19.0 Å². The molecule has 0 aromatic rings. The molecule has 0 aromatic heterocycles. The average Bonchev–Trinajstić information content (AvgIpc) is 2.16. The zero-order valence-corrected chi connectivity index (χ0v) is 9.20. The SMILES string of the molecule is C=NN(/C=C1/C=CC(C)=CC1)C(C)C. The van der Waals surface area contributed by atoms with Crippen LogP contribution >= 0.6 is 0 Å². The summed E-state index contributed by atoms with van der Waals surface area (Å²) in [7, 11) is 0. The van der Waals surface area contributed by atoms with Gasteiger partial charge in [-0.3, -0.25) is 5.01 Å². The van der Waals surface area contributed by atoms with E-state index < -0.39 is 0 Å². The Hall–Kier alpha value is -1.31. The normalized spacial score (nSPS) is 18.6. The van der Waals surface area contributed by atoms with E-state index in [-0.39, 0.29) is 0 Å². The molecule has 0 aromatic carbocycles. The van der Waals surface area contributed by atoms with E-state index in [0.29, 0.717) is 6.04 Å². The molecule has 2 heteroatoms. The van der Waals surface area contributed by atoms with Crippen molar-refractivity contribution in [2.75, 3.05) is 0 Å². The Labute approximate surface area is 86.3 Å². The maximum atomic E-state index is 3.95. The first kappa shape index (κ1) is 10.8. The van der Waals surface area contributed by atoms with E-state index in [4.69, 9.17) is 0 Å². The maximum Gasteiger partial charge on any atom is 0.0462 e. The van der Waals surface area contributed by atoms with Gasteiger partial charge >= 0.3 is 0 Å². The molecule has 0 fully saturated rings. The molecule has 2 nitrogen and oxygen atoms in total. The summed E-state index contributed by atoms with van der Waals surface area (Å²) >= 11 is 0. The van der Waals surface area contributed by atoms with Gasteiger partial charge in [-0.1, -0.05) is 23.8 Å². The maximum absolute atomic E-state index is 3.95. The van der Waals surface area contributed by atoms with Crippen LogP contribution in [0, 0.1) is 0 Å². The summed E-state index contributed by atoms with van der Waals surface area (Å²) in [4.78, 5) is 0. The first-order valence-corrected chi connectivity index (χ1v) is 4.94. The summed E-state index contributed by atoms with van der Waals surface area (Å²) in [5.41, 5.74) is 2.60. The third-order valence-corrected chi connectivity index (χ3v) is 2.21. The van der Waals surface area contributed by atoms with E-state index in [1.165, 1.54) is 11.1 Å². The molecular formula is C12H18N2. The first-order valence-electron chi connectivity index (χ1n) is 4.94. The van der Waals surface area contributed by atoms with Crippen LogP contribution in [0.4, 0.5) is 0 Å². The van der Waals surface area contributed by atoms with Crippen molar-refractivity contribution in [1.29, 1.82) is 0 Å². The predicted octanol–water partition coefficient (Wildman–Crippen LogP) is 3.10. The van der Waals surface area contributed by atoms with Gasteiger partial charge in [-0.15, -0.1) is 0 Å². The van der Waals surface area contributed by atoms with E-state index in [2.05, 4.69) is 57.0 Å². The van der Waals surface area contributed by atoms with E-state index in [9.17, 15) is 0 Å². The molecule has 14 heavy (non-hydrogen) atoms. The molecule has 0 saturated heterocycles. The summed E-state index contributed by atoms with van der Waals surface area (Å²) in [5, 5.41) is 5.84. The lowest BCUT2D eigenvalue weighted by Crippen LogP contribution is -2.19. The lowest BCUT2D eigenvalue weighted by atomic mass is 10.0. The minimum Gasteiger partial charge on any atom is -0.271 e. The van der Waals surface area contributed by atoms with Crippen molar-refractivity contribution in [3.63, 3.8) is 0 Å². The van der Waals surface area contributed by atoms with Crippen molar-refractivity contribution in [2.24, 2.45) is 5.10 Å². The number of allylic oxidation sites excluding steroid dienone is 5. The molecule has 0 bridgehead atoms. The van der Waals surface area contributed by atoms with Crippen molar-refractivity contribution in [3.05, 3.63) is 35.6 Å². The van der Waals surface area contributed by atoms with E-state index in [0.717, 1.165) is 6.42 Å². The van der Waals surface area contributed by atoms with Crippen LogP contribution < -0.4 is 0 Å². The van der Waals surface area contributed by atoms with Crippen LogP contribution in [0.5, 0.6) is 0 Å². The molecule has 0 heterocycles. The van der Waals surface area contributed by atoms with Crippen molar-refractivity contribution in [3.8, 4) is 0 Å². The van der Waals surface area contributed by atoms with Crippen molar-refractivity contribution >= 4 is 6.72 Å². The summed E-state index contributed by atoms with van der Waals surface area (Å²) < 4.78 is 0. The summed E-state index contributed by atoms with van der Waals surface area (Å²) in [6, 6.07) is 0.361. The molecular weight excluding hydrogens is 172 g/mol. The van der Waals surface area contributed by atoms with Crippen LogP contribution in [0.1, 0.15) is 27.2 Å². The smallest absolute Gasteiger partial charge is 0.0462 e. The zero-order valence-electron chi connectivity index (χ0n) is 9.20. The number of hydrogen-bond acceptors (Lipinski definition) is 2. The third-order valence-electron chi connectivity index (χ3n) is 2.21. The summed E-state index contributed by atoms with van der Waals surface area (Å²) in [5.74, 6) is 0. The average molecular weight is 190 g/mol. The van der Waals surface area contributed by atoms with Gasteiger partial charge in [-0.05, 0) is 32.8 Å². The number of nitrogens with zero attached hydrogens (tertiary/aromatic N) is 2. The van der Waals surface area contributed by atoms with E-state index in [1.807, 2.05) is 5.01 Å². The second-order valence-electron chi connectivity index (χ2n) is 3.80. The third kappa shape index (κ3) is 2.87. The first-order chi connectivity index (χ1) is 6.63. The minimum absolute atomic E-state index is 0.361. The van der Waals surface area contributed by atoms with Crippen LogP contribution in [-0.4, -0.2) is 17.8 Å². The molecule has 1 aliphatic carbocycles. The van der Waals surface area contributed by atoms with Crippen LogP contribution in [-0.2, 0) is 0 Å². The van der Waals surface area contributed by atoms with Gasteiger partial charge in [0.15, 0.2) is 0 Å². The topological polar surface area (TPSA) is 15.6 Å². The standard InChI is InChI=1S/C12H18N2/c1-10(2)14(13-4)9-12-7-5-11(3)6-8-12/h5-7,9-10H,4,8H2,1-3H3/b12-9-. The quantitative estimate of drug-likeness (QED) is 0.493. The monoisotopic (exact) mass is 190 g/mol. The fourth-order valence-electron chi connectivity index (χ4n) is 1.27. The van der Waals surface area contributed by atoms with Gasteiger partial charge in [0.1, 0.15) is 0 Å². The van der Waals surface area contributed by atoms with Gasteiger partial charge in [-0.2, -0.15) is 5.10 Å². The Morgan fingerprint density at radius 1 is 1.50 bits per heavy atom. The van der Waals surface area contributed by atoms with Gasteiger partial charge in [0.25, 0.3) is 0 Å². The van der Waals surface area contributed by atoms with Gasteiger partial charge in [0.05, 0.1) is 0 Å². The lowest BCUT2D eigenvalue weighted by Gasteiger charge is -2.19. The highest BCUT2D eigenvalue weighted by Gasteiger charge is 2.04. The summed E-state index contributed by atoms with van der Waals surface area (Å²) in [6.07, 6.45) is 9.51. The fraction of sp³-hybridized carbons (Fsp3) is 0.417. The Balaban J connectivity index is 2.70. The van der Waals surface area contributed by atoms with Crippen LogP contribution in [0.3, 0.4) is 0 Å². The molecule has 0 amide bonds. The number of rotatable bonds is 3. The molecule has 0 spiro atoms. The second kappa shape index (κ2) is 4.80. The predicted molar refractivity (Wildman–Crippen MR) is 62.1 cm³/mol. The van der Waals surface area contributed by atoms with Gasteiger partial charge in [-0.25, -0.2) is 0 Å². The highest BCUT2D eigenvalue weighted by Crippen LogP contribution is 2.16. The molecule has 0 aliphatic heterocycles. The second-order valence-corrected chi connectivity index (χ2v) is 3.80. The number of hydrogen-bond donors (Lipinski definition) is 0. The molecule has 0 atom stereocenters. The van der Waals surface area contributed by atoms with Crippen LogP contribution in [0.25, 0.3) is 0 Å². The molecule has 76 valence electrons.